The van der Waals surface area contributed by atoms with E-state index in [1.807, 2.05) is 12.3 Å². The molecule has 0 aliphatic carbocycles. The van der Waals surface area contributed by atoms with E-state index in [0.717, 1.165) is 23.3 Å². The minimum atomic E-state index is 0.941. The maximum atomic E-state index is 4.36. The van der Waals surface area contributed by atoms with Gasteiger partial charge in [0.1, 0.15) is 0 Å². The van der Waals surface area contributed by atoms with Crippen molar-refractivity contribution in [2.75, 3.05) is 13.6 Å². The molecular formula is C12H19BrN2. The van der Waals surface area contributed by atoms with Crippen LogP contribution in [0.1, 0.15) is 31.9 Å². The molecule has 84 valence electrons. The van der Waals surface area contributed by atoms with Gasteiger partial charge in [-0.1, -0.05) is 19.8 Å². The van der Waals surface area contributed by atoms with Gasteiger partial charge in [-0.15, -0.1) is 0 Å². The van der Waals surface area contributed by atoms with Crippen LogP contribution in [0.3, 0.4) is 0 Å². The highest BCUT2D eigenvalue weighted by atomic mass is 79.9. The molecule has 0 bridgehead atoms. The third kappa shape index (κ3) is 5.28. The van der Waals surface area contributed by atoms with Crippen molar-refractivity contribution in [1.29, 1.82) is 0 Å². The van der Waals surface area contributed by atoms with E-state index < -0.39 is 0 Å². The van der Waals surface area contributed by atoms with Gasteiger partial charge in [-0.25, -0.2) is 0 Å². The van der Waals surface area contributed by atoms with Crippen molar-refractivity contribution in [3.8, 4) is 0 Å². The zero-order valence-corrected chi connectivity index (χ0v) is 11.1. The maximum absolute atomic E-state index is 4.36. The monoisotopic (exact) mass is 270 g/mol. The van der Waals surface area contributed by atoms with E-state index in [1.165, 1.54) is 19.3 Å². The first-order valence-electron chi connectivity index (χ1n) is 5.51. The predicted molar refractivity (Wildman–Crippen MR) is 67.8 cm³/mol. The standard InChI is InChI=1S/C12H19BrN2/c1-3-4-5-8-15(2)10-12-7-6-11(13)9-14-12/h6-7,9H,3-5,8,10H2,1-2H3. The summed E-state index contributed by atoms with van der Waals surface area (Å²) in [5.74, 6) is 0. The topological polar surface area (TPSA) is 16.1 Å². The first-order valence-corrected chi connectivity index (χ1v) is 6.30. The summed E-state index contributed by atoms with van der Waals surface area (Å²) in [6.07, 6.45) is 5.74. The van der Waals surface area contributed by atoms with E-state index in [1.54, 1.807) is 0 Å². The Kier molecular flexibility index (Phi) is 5.88. The van der Waals surface area contributed by atoms with E-state index in [2.05, 4.69) is 45.9 Å². The molecule has 0 aliphatic rings. The van der Waals surface area contributed by atoms with E-state index >= 15 is 0 Å². The number of nitrogens with zero attached hydrogens (tertiary/aromatic N) is 2. The van der Waals surface area contributed by atoms with Gasteiger partial charge in [0.25, 0.3) is 0 Å². The fourth-order valence-corrected chi connectivity index (χ4v) is 1.72. The molecule has 1 aromatic rings. The van der Waals surface area contributed by atoms with Crippen molar-refractivity contribution < 1.29 is 0 Å². The number of rotatable bonds is 6. The molecule has 0 unspecified atom stereocenters. The van der Waals surface area contributed by atoms with Gasteiger partial charge in [0.2, 0.25) is 0 Å². The summed E-state index contributed by atoms with van der Waals surface area (Å²) in [4.78, 5) is 6.68. The Morgan fingerprint density at radius 3 is 2.73 bits per heavy atom. The van der Waals surface area contributed by atoms with Crippen LogP contribution in [-0.2, 0) is 6.54 Å². The lowest BCUT2D eigenvalue weighted by molar-refractivity contribution is 0.314. The number of hydrogen-bond donors (Lipinski definition) is 0. The zero-order valence-electron chi connectivity index (χ0n) is 9.54. The van der Waals surface area contributed by atoms with Crippen molar-refractivity contribution in [3.05, 3.63) is 28.5 Å². The first kappa shape index (κ1) is 12.7. The van der Waals surface area contributed by atoms with E-state index in [0.29, 0.717) is 0 Å². The molecule has 1 heterocycles. The summed E-state index contributed by atoms with van der Waals surface area (Å²) < 4.78 is 1.04. The number of pyridine rings is 1. The van der Waals surface area contributed by atoms with Crippen molar-refractivity contribution in [2.45, 2.75) is 32.7 Å². The first-order chi connectivity index (χ1) is 7.22. The zero-order chi connectivity index (χ0) is 11.1. The predicted octanol–water partition coefficient (Wildman–Crippen LogP) is 3.47. The second-order valence-electron chi connectivity index (χ2n) is 3.91. The largest absolute Gasteiger partial charge is 0.301 e. The van der Waals surface area contributed by atoms with Crippen LogP contribution in [0.5, 0.6) is 0 Å². The number of halogens is 1. The Hall–Kier alpha value is -0.410. The molecule has 0 spiro atoms. The molecule has 0 aromatic carbocycles. The molecular weight excluding hydrogens is 252 g/mol. The van der Waals surface area contributed by atoms with Crippen molar-refractivity contribution in [3.63, 3.8) is 0 Å². The van der Waals surface area contributed by atoms with Crippen LogP contribution in [0, 0.1) is 0 Å². The molecule has 2 nitrogen and oxygen atoms in total. The highest BCUT2D eigenvalue weighted by Crippen LogP contribution is 2.09. The summed E-state index contributed by atoms with van der Waals surface area (Å²) in [6, 6.07) is 4.11. The fraction of sp³-hybridized carbons (Fsp3) is 0.583. The smallest absolute Gasteiger partial charge is 0.0544 e. The third-order valence-corrected chi connectivity index (χ3v) is 2.83. The molecule has 0 amide bonds. The SMILES string of the molecule is CCCCCN(C)Cc1ccc(Br)cn1. The fourth-order valence-electron chi connectivity index (χ4n) is 1.49. The molecule has 0 aliphatic heterocycles. The lowest BCUT2D eigenvalue weighted by Crippen LogP contribution is -2.19. The highest BCUT2D eigenvalue weighted by Gasteiger charge is 2.00. The molecule has 0 radical (unpaired) electrons. The molecule has 15 heavy (non-hydrogen) atoms. The van der Waals surface area contributed by atoms with Gasteiger partial charge in [0, 0.05) is 17.2 Å². The Bertz CT molecular complexity index is 271. The Balaban J connectivity index is 2.31. The van der Waals surface area contributed by atoms with Crippen LogP contribution < -0.4 is 0 Å². The number of hydrogen-bond acceptors (Lipinski definition) is 2. The van der Waals surface area contributed by atoms with Crippen LogP contribution in [0.25, 0.3) is 0 Å². The molecule has 1 rings (SSSR count). The summed E-state index contributed by atoms with van der Waals surface area (Å²) in [5.41, 5.74) is 1.14. The molecule has 0 fully saturated rings. The van der Waals surface area contributed by atoms with E-state index in [4.69, 9.17) is 0 Å². The van der Waals surface area contributed by atoms with Crippen LogP contribution >= 0.6 is 15.9 Å². The number of aromatic nitrogens is 1. The summed E-state index contributed by atoms with van der Waals surface area (Å²) >= 11 is 3.39. The molecule has 1 aromatic heterocycles. The third-order valence-electron chi connectivity index (χ3n) is 2.36. The quantitative estimate of drug-likeness (QED) is 0.736. The minimum Gasteiger partial charge on any atom is -0.301 e. The Morgan fingerprint density at radius 1 is 1.33 bits per heavy atom. The van der Waals surface area contributed by atoms with Crippen LogP contribution in [0.2, 0.25) is 0 Å². The lowest BCUT2D eigenvalue weighted by Gasteiger charge is -2.15. The maximum Gasteiger partial charge on any atom is 0.0544 e. The van der Waals surface area contributed by atoms with E-state index in [-0.39, 0.29) is 0 Å². The molecule has 0 N–H and O–H groups in total. The summed E-state index contributed by atoms with van der Waals surface area (Å²) in [5, 5.41) is 0. The van der Waals surface area contributed by atoms with Gasteiger partial charge in [0.05, 0.1) is 5.69 Å². The Labute approximate surface area is 101 Å². The normalized spacial score (nSPS) is 10.9. The van der Waals surface area contributed by atoms with Crippen LogP contribution in [0.4, 0.5) is 0 Å². The van der Waals surface area contributed by atoms with Crippen LogP contribution in [0.15, 0.2) is 22.8 Å². The molecule has 0 saturated heterocycles. The van der Waals surface area contributed by atoms with E-state index in [9.17, 15) is 0 Å². The van der Waals surface area contributed by atoms with Crippen molar-refractivity contribution >= 4 is 15.9 Å². The Morgan fingerprint density at radius 2 is 2.13 bits per heavy atom. The van der Waals surface area contributed by atoms with Gasteiger partial charge in [0.15, 0.2) is 0 Å². The number of unbranched alkanes of at least 4 members (excludes halogenated alkanes) is 2. The molecule has 0 atom stereocenters. The average molecular weight is 271 g/mol. The molecule has 0 saturated carbocycles. The van der Waals surface area contributed by atoms with Crippen molar-refractivity contribution in [2.24, 2.45) is 0 Å². The molecule has 3 heteroatoms. The van der Waals surface area contributed by atoms with Gasteiger partial charge < -0.3 is 4.90 Å². The highest BCUT2D eigenvalue weighted by molar-refractivity contribution is 9.10. The second-order valence-corrected chi connectivity index (χ2v) is 4.83. The van der Waals surface area contributed by atoms with Crippen molar-refractivity contribution in [1.82, 2.24) is 9.88 Å². The lowest BCUT2D eigenvalue weighted by atomic mass is 10.2. The minimum absolute atomic E-state index is 0.941. The van der Waals surface area contributed by atoms with Gasteiger partial charge in [-0.05, 0) is 48.1 Å². The average Bonchev–Trinajstić information content (AvgIpc) is 2.22. The second kappa shape index (κ2) is 6.96. The summed E-state index contributed by atoms with van der Waals surface area (Å²) in [6.45, 7) is 4.33. The van der Waals surface area contributed by atoms with Crippen LogP contribution in [-0.4, -0.2) is 23.5 Å². The summed E-state index contributed by atoms with van der Waals surface area (Å²) in [7, 11) is 2.15. The van der Waals surface area contributed by atoms with Gasteiger partial charge >= 0.3 is 0 Å². The van der Waals surface area contributed by atoms with Gasteiger partial charge in [-0.2, -0.15) is 0 Å². The van der Waals surface area contributed by atoms with Gasteiger partial charge in [-0.3, -0.25) is 4.98 Å².